The number of benzene rings is 9. The van der Waals surface area contributed by atoms with E-state index >= 15 is 0 Å². The predicted molar refractivity (Wildman–Crippen MR) is 246 cm³/mol. The molecule has 3 nitrogen and oxygen atoms in total. The van der Waals surface area contributed by atoms with Gasteiger partial charge in [0.2, 0.25) is 0 Å². The molecule has 2 heterocycles. The number of hydrogen-bond donors (Lipinski definition) is 0. The van der Waals surface area contributed by atoms with Crippen molar-refractivity contribution >= 4 is 32.7 Å². The van der Waals surface area contributed by atoms with Crippen LogP contribution in [-0.4, -0.2) is 14.5 Å². The zero-order chi connectivity index (χ0) is 39.4. The molecular weight excluding hydrogens is 727 g/mol. The maximum atomic E-state index is 5.30. The van der Waals surface area contributed by atoms with Crippen LogP contribution in [0.5, 0.6) is 0 Å². The van der Waals surface area contributed by atoms with Crippen LogP contribution in [0.3, 0.4) is 0 Å². The van der Waals surface area contributed by atoms with E-state index in [2.05, 4.69) is 217 Å². The van der Waals surface area contributed by atoms with Crippen molar-refractivity contribution in [3.8, 4) is 61.7 Å². The van der Waals surface area contributed by atoms with Crippen molar-refractivity contribution < 1.29 is 0 Å². The summed E-state index contributed by atoms with van der Waals surface area (Å²) >= 11 is 0. The molecule has 0 atom stereocenters. The molecule has 0 spiro atoms. The minimum Gasteiger partial charge on any atom is -0.309 e. The molecule has 0 N–H and O–H groups in total. The SMILES string of the molecule is c1ccc(-n2c3ccc(-c4ccc5c(c4)C(c4ccccc4)(c4ccccc4)c4ccccc4-5)cc3c3cc(-c4nc5c6c(cccc6n4)-c4ccccc4-5)ccc32)cc1. The first-order valence-electron chi connectivity index (χ1n) is 20.7. The zero-order valence-corrected chi connectivity index (χ0v) is 32.5. The molecule has 0 amide bonds. The molecule has 278 valence electrons. The molecule has 3 heteroatoms. The Morgan fingerprint density at radius 1 is 0.367 bits per heavy atom. The number of rotatable bonds is 5. The highest BCUT2D eigenvalue weighted by Crippen LogP contribution is 2.57. The van der Waals surface area contributed by atoms with Gasteiger partial charge in [0.05, 0.1) is 27.7 Å². The Hall–Kier alpha value is -7.88. The van der Waals surface area contributed by atoms with E-state index in [9.17, 15) is 0 Å². The topological polar surface area (TPSA) is 30.7 Å². The number of hydrogen-bond acceptors (Lipinski definition) is 2. The van der Waals surface area contributed by atoms with Crippen molar-refractivity contribution in [1.29, 1.82) is 0 Å². The summed E-state index contributed by atoms with van der Waals surface area (Å²) in [5, 5.41) is 3.49. The van der Waals surface area contributed by atoms with Gasteiger partial charge in [-0.3, -0.25) is 0 Å². The van der Waals surface area contributed by atoms with Crippen LogP contribution in [-0.2, 0) is 5.41 Å². The summed E-state index contributed by atoms with van der Waals surface area (Å²) in [6, 6.07) is 77.5. The van der Waals surface area contributed by atoms with Gasteiger partial charge in [-0.15, -0.1) is 0 Å². The molecule has 0 fully saturated rings. The highest BCUT2D eigenvalue weighted by atomic mass is 15.0. The molecule has 0 saturated heterocycles. The molecule has 0 bridgehead atoms. The smallest absolute Gasteiger partial charge is 0.160 e. The van der Waals surface area contributed by atoms with Gasteiger partial charge in [0.1, 0.15) is 0 Å². The average molecular weight is 762 g/mol. The molecule has 60 heavy (non-hydrogen) atoms. The minimum atomic E-state index is -0.464. The van der Waals surface area contributed by atoms with Gasteiger partial charge in [-0.05, 0) is 110 Å². The Bertz CT molecular complexity index is 3490. The summed E-state index contributed by atoms with van der Waals surface area (Å²) in [5.41, 5.74) is 19.6. The Kier molecular flexibility index (Phi) is 6.93. The number of nitrogens with zero attached hydrogens (tertiary/aromatic N) is 3. The van der Waals surface area contributed by atoms with Gasteiger partial charge in [-0.25, -0.2) is 9.97 Å². The van der Waals surface area contributed by atoms with E-state index in [1.807, 2.05) is 0 Å². The second-order valence-corrected chi connectivity index (χ2v) is 16.1. The standard InChI is InChI=1S/C57H35N3/c1-4-15-39(16-5-1)57(40-17-6-2-7-18-40)49-25-13-12-22-43(49)44-30-27-37(35-50(44)57)36-28-31-52-47(33-36)48-34-38(29-32-53(48)60(52)41-19-8-3-9-20-41)56-58-51-26-14-24-45-42-21-10-11-23-46(42)55(59-56)54(45)51/h1-35H. The summed E-state index contributed by atoms with van der Waals surface area (Å²) < 4.78 is 2.39. The maximum Gasteiger partial charge on any atom is 0.160 e. The molecule has 0 saturated carbocycles. The second kappa shape index (κ2) is 12.6. The lowest BCUT2D eigenvalue weighted by Crippen LogP contribution is -2.28. The van der Waals surface area contributed by atoms with Crippen LogP contribution >= 0.6 is 0 Å². The number of fused-ring (bicyclic) bond motifs is 9. The van der Waals surface area contributed by atoms with Crippen LogP contribution in [0.1, 0.15) is 22.3 Å². The Labute approximate surface area is 347 Å². The Balaban J connectivity index is 1.03. The van der Waals surface area contributed by atoms with Crippen molar-refractivity contribution in [2.75, 3.05) is 0 Å². The first-order valence-corrected chi connectivity index (χ1v) is 20.7. The largest absolute Gasteiger partial charge is 0.309 e. The quantitative estimate of drug-likeness (QED) is 0.175. The van der Waals surface area contributed by atoms with Gasteiger partial charge >= 0.3 is 0 Å². The van der Waals surface area contributed by atoms with Gasteiger partial charge in [-0.1, -0.05) is 158 Å². The number of aromatic nitrogens is 3. The van der Waals surface area contributed by atoms with Crippen LogP contribution in [0.2, 0.25) is 0 Å². The monoisotopic (exact) mass is 761 g/mol. The molecule has 11 aromatic rings. The van der Waals surface area contributed by atoms with Crippen LogP contribution in [0, 0.1) is 0 Å². The highest BCUT2D eigenvalue weighted by Gasteiger charge is 2.46. The van der Waals surface area contributed by atoms with E-state index in [4.69, 9.17) is 9.97 Å². The van der Waals surface area contributed by atoms with Crippen molar-refractivity contribution in [3.05, 3.63) is 235 Å². The Morgan fingerprint density at radius 3 is 1.65 bits per heavy atom. The molecule has 9 aromatic carbocycles. The van der Waals surface area contributed by atoms with Crippen LogP contribution in [0.4, 0.5) is 0 Å². The molecule has 0 aliphatic heterocycles. The second-order valence-electron chi connectivity index (χ2n) is 16.1. The lowest BCUT2D eigenvalue weighted by atomic mass is 9.67. The lowest BCUT2D eigenvalue weighted by molar-refractivity contribution is 0.769. The minimum absolute atomic E-state index is 0.464. The summed E-state index contributed by atoms with van der Waals surface area (Å²) in [6.45, 7) is 0. The normalized spacial score (nSPS) is 13.1. The summed E-state index contributed by atoms with van der Waals surface area (Å²) in [5.74, 6) is 0.737. The number of para-hydroxylation sites is 1. The van der Waals surface area contributed by atoms with Gasteiger partial charge in [0.25, 0.3) is 0 Å². The van der Waals surface area contributed by atoms with E-state index < -0.39 is 5.41 Å². The third-order valence-electron chi connectivity index (χ3n) is 13.0. The van der Waals surface area contributed by atoms with Crippen molar-refractivity contribution in [2.24, 2.45) is 0 Å². The van der Waals surface area contributed by atoms with Crippen LogP contribution in [0.25, 0.3) is 94.4 Å². The molecule has 2 aliphatic carbocycles. The fourth-order valence-electron chi connectivity index (χ4n) is 10.5. The van der Waals surface area contributed by atoms with Crippen molar-refractivity contribution in [1.82, 2.24) is 14.5 Å². The zero-order valence-electron chi connectivity index (χ0n) is 32.5. The first-order chi connectivity index (χ1) is 29.8. The molecule has 2 aliphatic rings. The molecule has 0 radical (unpaired) electrons. The first kappa shape index (κ1) is 33.1. The van der Waals surface area contributed by atoms with Gasteiger partial charge < -0.3 is 4.57 Å². The predicted octanol–water partition coefficient (Wildman–Crippen LogP) is 14.1. The summed E-state index contributed by atoms with van der Waals surface area (Å²) in [6.07, 6.45) is 0. The Morgan fingerprint density at radius 2 is 0.917 bits per heavy atom. The van der Waals surface area contributed by atoms with Gasteiger partial charge in [-0.2, -0.15) is 0 Å². The van der Waals surface area contributed by atoms with E-state index in [-0.39, 0.29) is 0 Å². The molecular formula is C57H35N3. The van der Waals surface area contributed by atoms with E-state index in [0.717, 1.165) is 44.7 Å². The van der Waals surface area contributed by atoms with Gasteiger partial charge in [0, 0.05) is 33.0 Å². The maximum absolute atomic E-state index is 5.30. The highest BCUT2D eigenvalue weighted by molar-refractivity contribution is 6.14. The fraction of sp³-hybridized carbons (Fsp3) is 0.0175. The molecule has 2 aromatic heterocycles. The third kappa shape index (κ3) is 4.54. The average Bonchev–Trinajstić information content (AvgIpc) is 3.94. The van der Waals surface area contributed by atoms with Crippen molar-refractivity contribution in [2.45, 2.75) is 5.41 Å². The third-order valence-corrected chi connectivity index (χ3v) is 13.0. The fourth-order valence-corrected chi connectivity index (χ4v) is 10.5. The van der Waals surface area contributed by atoms with E-state index in [1.165, 1.54) is 72.0 Å². The molecule has 13 rings (SSSR count). The van der Waals surface area contributed by atoms with Gasteiger partial charge in [0.15, 0.2) is 5.82 Å². The summed E-state index contributed by atoms with van der Waals surface area (Å²) in [7, 11) is 0. The van der Waals surface area contributed by atoms with Crippen molar-refractivity contribution in [3.63, 3.8) is 0 Å². The molecule has 0 unspecified atom stereocenters. The summed E-state index contributed by atoms with van der Waals surface area (Å²) in [4.78, 5) is 10.5. The van der Waals surface area contributed by atoms with E-state index in [0.29, 0.717) is 0 Å². The van der Waals surface area contributed by atoms with Crippen LogP contribution < -0.4 is 0 Å². The van der Waals surface area contributed by atoms with E-state index in [1.54, 1.807) is 0 Å². The van der Waals surface area contributed by atoms with Crippen LogP contribution in [0.15, 0.2) is 212 Å². The lowest BCUT2D eigenvalue weighted by Gasteiger charge is -2.34.